The lowest BCUT2D eigenvalue weighted by Crippen LogP contribution is -2.32. The molecule has 5 heteroatoms. The van der Waals surface area contributed by atoms with Crippen LogP contribution in [0.15, 0.2) is 16.7 Å². The number of halogens is 1. The lowest BCUT2D eigenvalue weighted by atomic mass is 9.74. The molecule has 1 unspecified atom stereocenters. The monoisotopic (exact) mass is 365 g/mol. The summed E-state index contributed by atoms with van der Waals surface area (Å²) < 4.78 is 1.14. The van der Waals surface area contributed by atoms with Crippen LogP contribution in [0, 0.1) is 12.3 Å². The van der Waals surface area contributed by atoms with Crippen molar-refractivity contribution >= 4 is 27.3 Å². The predicted molar refractivity (Wildman–Crippen MR) is 91.7 cm³/mol. The van der Waals surface area contributed by atoms with Gasteiger partial charge in [0.2, 0.25) is 0 Å². The molecule has 2 heterocycles. The maximum Gasteiger partial charge on any atom is 0.169 e. The smallest absolute Gasteiger partial charge is 0.169 e. The second-order valence-corrected chi connectivity index (χ2v) is 8.61. The molecule has 1 N–H and O–H groups in total. The highest BCUT2D eigenvalue weighted by Crippen LogP contribution is 2.40. The summed E-state index contributed by atoms with van der Waals surface area (Å²) in [6, 6.07) is 2.47. The number of hydrogen-bond donors (Lipinski definition) is 1. The zero-order valence-electron chi connectivity index (χ0n) is 12.8. The quantitative estimate of drug-likeness (QED) is 0.850. The second kappa shape index (κ2) is 5.45. The molecule has 0 spiro atoms. The highest BCUT2D eigenvalue weighted by Gasteiger charge is 2.33. The van der Waals surface area contributed by atoms with Crippen LogP contribution < -0.4 is 5.32 Å². The Balaban J connectivity index is 2.04. The molecular weight excluding hydrogens is 346 g/mol. The Morgan fingerprint density at radius 1 is 1.43 bits per heavy atom. The standard InChI is InChI=1S/C16H20BrN3S/c1-9-11(17)5-14(21-9)15-19-8-10-12(18-4)6-16(2,3)7-13(10)20-15/h5,8,12,18H,6-7H2,1-4H3. The van der Waals surface area contributed by atoms with Gasteiger partial charge in [-0.05, 0) is 54.2 Å². The van der Waals surface area contributed by atoms with Crippen LogP contribution in [0.1, 0.15) is 42.4 Å². The van der Waals surface area contributed by atoms with Gasteiger partial charge in [-0.3, -0.25) is 0 Å². The summed E-state index contributed by atoms with van der Waals surface area (Å²) in [6.45, 7) is 6.73. The molecule has 0 bridgehead atoms. The van der Waals surface area contributed by atoms with Crippen molar-refractivity contribution in [2.24, 2.45) is 5.41 Å². The van der Waals surface area contributed by atoms with Crippen LogP contribution in [-0.4, -0.2) is 17.0 Å². The largest absolute Gasteiger partial charge is 0.313 e. The van der Waals surface area contributed by atoms with Crippen molar-refractivity contribution in [1.82, 2.24) is 15.3 Å². The summed E-state index contributed by atoms with van der Waals surface area (Å²) in [7, 11) is 2.02. The minimum absolute atomic E-state index is 0.276. The van der Waals surface area contributed by atoms with E-state index in [0.717, 1.165) is 28.0 Å². The van der Waals surface area contributed by atoms with Crippen LogP contribution in [0.25, 0.3) is 10.7 Å². The normalized spacial score (nSPS) is 20.3. The highest BCUT2D eigenvalue weighted by molar-refractivity contribution is 9.10. The SMILES string of the molecule is CNC1CC(C)(C)Cc2nc(-c3cc(Br)c(C)s3)ncc21. The van der Waals surface area contributed by atoms with Crippen molar-refractivity contribution in [3.63, 3.8) is 0 Å². The van der Waals surface area contributed by atoms with Crippen LogP contribution in [0.2, 0.25) is 0 Å². The minimum atomic E-state index is 0.276. The van der Waals surface area contributed by atoms with Crippen LogP contribution >= 0.6 is 27.3 Å². The molecule has 21 heavy (non-hydrogen) atoms. The molecule has 0 saturated heterocycles. The maximum atomic E-state index is 4.87. The Morgan fingerprint density at radius 2 is 2.19 bits per heavy atom. The molecule has 0 aromatic carbocycles. The van der Waals surface area contributed by atoms with Crippen LogP contribution in [-0.2, 0) is 6.42 Å². The summed E-state index contributed by atoms with van der Waals surface area (Å²) >= 11 is 5.31. The third-order valence-electron chi connectivity index (χ3n) is 4.10. The van der Waals surface area contributed by atoms with Crippen molar-refractivity contribution in [1.29, 1.82) is 0 Å². The van der Waals surface area contributed by atoms with Gasteiger partial charge in [0.15, 0.2) is 5.82 Å². The van der Waals surface area contributed by atoms with E-state index in [1.807, 2.05) is 13.2 Å². The first kappa shape index (κ1) is 15.1. The van der Waals surface area contributed by atoms with E-state index in [0.29, 0.717) is 6.04 Å². The van der Waals surface area contributed by atoms with E-state index in [2.05, 4.69) is 53.1 Å². The zero-order chi connectivity index (χ0) is 15.2. The lowest BCUT2D eigenvalue weighted by molar-refractivity contribution is 0.260. The molecule has 0 aliphatic heterocycles. The zero-order valence-corrected chi connectivity index (χ0v) is 15.2. The fourth-order valence-electron chi connectivity index (χ4n) is 2.99. The van der Waals surface area contributed by atoms with Gasteiger partial charge in [0, 0.05) is 32.8 Å². The first-order valence-corrected chi connectivity index (χ1v) is 8.80. The fourth-order valence-corrected chi connectivity index (χ4v) is 4.47. The molecule has 0 saturated carbocycles. The number of hydrogen-bond acceptors (Lipinski definition) is 4. The molecule has 112 valence electrons. The number of aromatic nitrogens is 2. The van der Waals surface area contributed by atoms with Crippen LogP contribution in [0.3, 0.4) is 0 Å². The first-order valence-electron chi connectivity index (χ1n) is 7.19. The third kappa shape index (κ3) is 2.91. The summed E-state index contributed by atoms with van der Waals surface area (Å²) in [4.78, 5) is 11.9. The van der Waals surface area contributed by atoms with Gasteiger partial charge in [-0.25, -0.2) is 9.97 Å². The van der Waals surface area contributed by atoms with Crippen molar-refractivity contribution in [3.05, 3.63) is 32.9 Å². The molecule has 1 atom stereocenters. The average molecular weight is 366 g/mol. The first-order chi connectivity index (χ1) is 9.89. The van der Waals surface area contributed by atoms with Crippen LogP contribution in [0.4, 0.5) is 0 Å². The molecule has 0 fully saturated rings. The molecule has 2 aromatic rings. The molecule has 0 amide bonds. The molecule has 2 aromatic heterocycles. The Labute approximate surface area is 138 Å². The summed E-state index contributed by atoms with van der Waals surface area (Å²) in [5.74, 6) is 0.847. The number of nitrogens with zero attached hydrogens (tertiary/aromatic N) is 2. The second-order valence-electron chi connectivity index (χ2n) is 6.50. The van der Waals surface area contributed by atoms with Gasteiger partial charge in [-0.1, -0.05) is 13.8 Å². The van der Waals surface area contributed by atoms with Gasteiger partial charge >= 0.3 is 0 Å². The maximum absolute atomic E-state index is 4.87. The summed E-state index contributed by atoms with van der Waals surface area (Å²) in [5.41, 5.74) is 2.73. The van der Waals surface area contributed by atoms with E-state index in [1.54, 1.807) is 11.3 Å². The molecular formula is C16H20BrN3S. The number of aryl methyl sites for hydroxylation is 1. The van der Waals surface area contributed by atoms with E-state index >= 15 is 0 Å². The highest BCUT2D eigenvalue weighted by atomic mass is 79.9. The Kier molecular flexibility index (Phi) is 3.93. The average Bonchev–Trinajstić information content (AvgIpc) is 2.76. The Bertz CT molecular complexity index is 659. The Morgan fingerprint density at radius 3 is 2.81 bits per heavy atom. The fraction of sp³-hybridized carbons (Fsp3) is 0.500. The van der Waals surface area contributed by atoms with Gasteiger partial charge in [-0.2, -0.15) is 0 Å². The lowest BCUT2D eigenvalue weighted by Gasteiger charge is -2.36. The Hall–Kier alpha value is -0.780. The molecule has 0 radical (unpaired) electrons. The van der Waals surface area contributed by atoms with Gasteiger partial charge in [0.25, 0.3) is 0 Å². The van der Waals surface area contributed by atoms with E-state index < -0.39 is 0 Å². The topological polar surface area (TPSA) is 37.8 Å². The number of fused-ring (bicyclic) bond motifs is 1. The van der Waals surface area contributed by atoms with Crippen molar-refractivity contribution in [2.45, 2.75) is 39.7 Å². The number of rotatable bonds is 2. The van der Waals surface area contributed by atoms with Gasteiger partial charge in [-0.15, -0.1) is 11.3 Å². The van der Waals surface area contributed by atoms with Gasteiger partial charge in [0.05, 0.1) is 4.88 Å². The number of nitrogens with one attached hydrogen (secondary N) is 1. The van der Waals surface area contributed by atoms with Gasteiger partial charge < -0.3 is 5.32 Å². The summed E-state index contributed by atoms with van der Waals surface area (Å²) in [6.07, 6.45) is 4.15. The van der Waals surface area contributed by atoms with E-state index in [4.69, 9.17) is 4.98 Å². The predicted octanol–water partition coefficient (Wildman–Crippen LogP) is 4.51. The van der Waals surface area contributed by atoms with E-state index in [1.165, 1.54) is 16.1 Å². The molecule has 3 rings (SSSR count). The summed E-state index contributed by atoms with van der Waals surface area (Å²) in [5, 5.41) is 3.40. The van der Waals surface area contributed by atoms with Gasteiger partial charge in [0.1, 0.15) is 0 Å². The van der Waals surface area contributed by atoms with Crippen LogP contribution in [0.5, 0.6) is 0 Å². The van der Waals surface area contributed by atoms with Crippen molar-refractivity contribution in [2.75, 3.05) is 7.05 Å². The minimum Gasteiger partial charge on any atom is -0.313 e. The van der Waals surface area contributed by atoms with Crippen molar-refractivity contribution in [3.8, 4) is 10.7 Å². The molecule has 3 nitrogen and oxygen atoms in total. The molecule has 1 aliphatic carbocycles. The third-order valence-corrected chi connectivity index (χ3v) is 6.24. The molecule has 1 aliphatic rings. The van der Waals surface area contributed by atoms with E-state index in [-0.39, 0.29) is 5.41 Å². The van der Waals surface area contributed by atoms with Crippen molar-refractivity contribution < 1.29 is 0 Å². The van der Waals surface area contributed by atoms with E-state index in [9.17, 15) is 0 Å². The number of thiophene rings is 1.